The number of hydrogen-bond acceptors (Lipinski definition) is 5. The molecule has 2 aromatic rings. The molecule has 2 heterocycles. The summed E-state index contributed by atoms with van der Waals surface area (Å²) in [5.74, 6) is 0.0535. The molecule has 1 fully saturated rings. The van der Waals surface area contributed by atoms with Crippen molar-refractivity contribution in [2.24, 2.45) is 4.99 Å². The van der Waals surface area contributed by atoms with Crippen LogP contribution in [-0.2, 0) is 16.0 Å². The van der Waals surface area contributed by atoms with Crippen molar-refractivity contribution in [1.29, 1.82) is 0 Å². The lowest BCUT2D eigenvalue weighted by Crippen LogP contribution is -2.34. The molecule has 1 aromatic carbocycles. The Balaban J connectivity index is 1.90. The summed E-state index contributed by atoms with van der Waals surface area (Å²) in [7, 11) is 1.51. The Labute approximate surface area is 154 Å². The first kappa shape index (κ1) is 18.1. The van der Waals surface area contributed by atoms with Crippen molar-refractivity contribution in [2.75, 3.05) is 26.9 Å². The first-order valence-corrected chi connectivity index (χ1v) is 9.05. The topological polar surface area (TPSA) is 62.0 Å². The van der Waals surface area contributed by atoms with Gasteiger partial charge in [0.25, 0.3) is 5.91 Å². The standard InChI is InChI=1S/C17H19ClN2O4S/c1-11-8-20(9-13-10-23-5-6-24-13)17(25-11)19-16(21)14-7-12(18)3-4-15(14)22-2/h3-4,7-8,13H,5-6,9-10H2,1-2H3. The molecule has 1 amide bonds. The number of halogens is 1. The van der Waals surface area contributed by atoms with Gasteiger partial charge in [0.2, 0.25) is 0 Å². The number of methoxy groups -OCH3 is 1. The maximum Gasteiger partial charge on any atom is 0.283 e. The number of carbonyl (C=O) groups is 1. The molecule has 1 unspecified atom stereocenters. The molecule has 3 rings (SSSR count). The van der Waals surface area contributed by atoms with Gasteiger partial charge in [-0.05, 0) is 25.1 Å². The van der Waals surface area contributed by atoms with Crippen LogP contribution in [0.5, 0.6) is 5.75 Å². The normalized spacial score (nSPS) is 18.4. The van der Waals surface area contributed by atoms with Crippen molar-refractivity contribution in [3.63, 3.8) is 0 Å². The second kappa shape index (κ2) is 8.14. The maximum atomic E-state index is 12.6. The Bertz CT molecular complexity index is 824. The highest BCUT2D eigenvalue weighted by molar-refractivity contribution is 7.09. The van der Waals surface area contributed by atoms with Gasteiger partial charge in [0.15, 0.2) is 4.80 Å². The number of aryl methyl sites for hydroxylation is 1. The van der Waals surface area contributed by atoms with Crippen LogP contribution in [0.4, 0.5) is 0 Å². The first-order valence-electron chi connectivity index (χ1n) is 7.85. The first-order chi connectivity index (χ1) is 12.1. The van der Waals surface area contributed by atoms with Gasteiger partial charge in [-0.3, -0.25) is 4.79 Å². The van der Waals surface area contributed by atoms with Gasteiger partial charge >= 0.3 is 0 Å². The number of nitrogens with zero attached hydrogens (tertiary/aromatic N) is 2. The van der Waals surface area contributed by atoms with Crippen LogP contribution in [0.3, 0.4) is 0 Å². The molecule has 1 aromatic heterocycles. The molecule has 0 saturated carbocycles. The maximum absolute atomic E-state index is 12.6. The second-order valence-electron chi connectivity index (χ2n) is 5.61. The molecule has 8 heteroatoms. The lowest BCUT2D eigenvalue weighted by Gasteiger charge is -2.23. The summed E-state index contributed by atoms with van der Waals surface area (Å²) in [6, 6.07) is 4.90. The zero-order valence-electron chi connectivity index (χ0n) is 14.0. The minimum atomic E-state index is -0.393. The summed E-state index contributed by atoms with van der Waals surface area (Å²) in [4.78, 5) is 18.6. The molecule has 1 aliphatic rings. The Hall–Kier alpha value is -1.67. The van der Waals surface area contributed by atoms with Crippen LogP contribution in [0.1, 0.15) is 15.2 Å². The molecule has 0 aliphatic carbocycles. The largest absolute Gasteiger partial charge is 0.496 e. The van der Waals surface area contributed by atoms with Crippen LogP contribution in [-0.4, -0.2) is 43.5 Å². The third kappa shape index (κ3) is 4.49. The zero-order valence-corrected chi connectivity index (χ0v) is 15.6. The summed E-state index contributed by atoms with van der Waals surface area (Å²) < 4.78 is 18.3. The van der Waals surface area contributed by atoms with Crippen molar-refractivity contribution < 1.29 is 19.0 Å². The van der Waals surface area contributed by atoms with Crippen LogP contribution in [0.2, 0.25) is 5.02 Å². The Morgan fingerprint density at radius 2 is 2.32 bits per heavy atom. The predicted molar refractivity (Wildman–Crippen MR) is 95.5 cm³/mol. The Kier molecular flexibility index (Phi) is 5.90. The number of amides is 1. The van der Waals surface area contributed by atoms with E-state index in [4.69, 9.17) is 25.8 Å². The molecule has 134 valence electrons. The monoisotopic (exact) mass is 382 g/mol. The molecular formula is C17H19ClN2O4S. The number of aromatic nitrogens is 1. The molecule has 0 spiro atoms. The highest BCUT2D eigenvalue weighted by Gasteiger charge is 2.17. The highest BCUT2D eigenvalue weighted by Crippen LogP contribution is 2.23. The van der Waals surface area contributed by atoms with Crippen LogP contribution >= 0.6 is 22.9 Å². The van der Waals surface area contributed by atoms with E-state index in [1.807, 2.05) is 17.7 Å². The minimum absolute atomic E-state index is 0.0440. The average molecular weight is 383 g/mol. The lowest BCUT2D eigenvalue weighted by molar-refractivity contribution is -0.0938. The smallest absolute Gasteiger partial charge is 0.283 e. The van der Waals surface area contributed by atoms with Gasteiger partial charge in [-0.2, -0.15) is 4.99 Å². The van der Waals surface area contributed by atoms with Crippen molar-refractivity contribution in [2.45, 2.75) is 19.6 Å². The number of thiazole rings is 1. The van der Waals surface area contributed by atoms with Gasteiger partial charge in [-0.25, -0.2) is 0 Å². The third-order valence-corrected chi connectivity index (χ3v) is 4.88. The Morgan fingerprint density at radius 3 is 3.04 bits per heavy atom. The number of ether oxygens (including phenoxy) is 3. The minimum Gasteiger partial charge on any atom is -0.496 e. The number of carbonyl (C=O) groups excluding carboxylic acids is 1. The fourth-order valence-corrected chi connectivity index (χ4v) is 3.59. The number of benzene rings is 1. The molecule has 25 heavy (non-hydrogen) atoms. The van der Waals surface area contributed by atoms with E-state index < -0.39 is 5.91 Å². The molecule has 0 radical (unpaired) electrons. The van der Waals surface area contributed by atoms with Gasteiger partial charge in [0, 0.05) is 16.1 Å². The molecule has 6 nitrogen and oxygen atoms in total. The van der Waals surface area contributed by atoms with Gasteiger partial charge in [-0.15, -0.1) is 11.3 Å². The van der Waals surface area contributed by atoms with Gasteiger partial charge in [-0.1, -0.05) is 11.6 Å². The van der Waals surface area contributed by atoms with Gasteiger partial charge in [0.05, 0.1) is 45.1 Å². The van der Waals surface area contributed by atoms with Crippen LogP contribution in [0.25, 0.3) is 0 Å². The summed E-state index contributed by atoms with van der Waals surface area (Å²) in [6.45, 7) is 4.30. The zero-order chi connectivity index (χ0) is 17.8. The van der Waals surface area contributed by atoms with Crippen LogP contribution in [0.15, 0.2) is 29.4 Å². The summed E-state index contributed by atoms with van der Waals surface area (Å²) in [6.07, 6.45) is 1.92. The van der Waals surface area contributed by atoms with Gasteiger partial charge in [0.1, 0.15) is 5.75 Å². The van der Waals surface area contributed by atoms with E-state index in [0.717, 1.165) is 4.88 Å². The summed E-state index contributed by atoms with van der Waals surface area (Å²) in [5, 5.41) is 0.461. The average Bonchev–Trinajstić information content (AvgIpc) is 2.94. The fourth-order valence-electron chi connectivity index (χ4n) is 2.58. The van der Waals surface area contributed by atoms with Crippen molar-refractivity contribution in [1.82, 2.24) is 4.57 Å². The summed E-state index contributed by atoms with van der Waals surface area (Å²) in [5.41, 5.74) is 0.338. The van der Waals surface area contributed by atoms with E-state index >= 15 is 0 Å². The third-order valence-electron chi connectivity index (χ3n) is 3.71. The van der Waals surface area contributed by atoms with Crippen molar-refractivity contribution >= 4 is 28.8 Å². The SMILES string of the molecule is COc1ccc(Cl)cc1C(=O)N=c1sc(C)cn1CC1COCCO1. The lowest BCUT2D eigenvalue weighted by atomic mass is 10.2. The summed E-state index contributed by atoms with van der Waals surface area (Å²) >= 11 is 7.45. The van der Waals surface area contributed by atoms with Crippen LogP contribution in [0, 0.1) is 6.92 Å². The number of rotatable bonds is 4. The predicted octanol–water partition coefficient (Wildman–Crippen LogP) is 2.68. The molecule has 0 bridgehead atoms. The van der Waals surface area contributed by atoms with Gasteiger partial charge < -0.3 is 18.8 Å². The van der Waals surface area contributed by atoms with E-state index in [-0.39, 0.29) is 6.10 Å². The Morgan fingerprint density at radius 1 is 1.48 bits per heavy atom. The molecular weight excluding hydrogens is 364 g/mol. The van der Waals surface area contributed by atoms with E-state index in [0.29, 0.717) is 47.5 Å². The quantitative estimate of drug-likeness (QED) is 0.815. The van der Waals surface area contributed by atoms with Crippen molar-refractivity contribution in [3.8, 4) is 5.75 Å². The van der Waals surface area contributed by atoms with E-state index in [1.165, 1.54) is 18.4 Å². The second-order valence-corrected chi connectivity index (χ2v) is 7.26. The molecule has 1 atom stereocenters. The number of hydrogen-bond donors (Lipinski definition) is 0. The molecule has 1 aliphatic heterocycles. The van der Waals surface area contributed by atoms with Crippen molar-refractivity contribution in [3.05, 3.63) is 44.7 Å². The van der Waals surface area contributed by atoms with Crippen LogP contribution < -0.4 is 9.54 Å². The van der Waals surface area contributed by atoms with E-state index in [9.17, 15) is 4.79 Å². The molecule has 1 saturated heterocycles. The van der Waals surface area contributed by atoms with E-state index in [1.54, 1.807) is 18.2 Å². The fraction of sp³-hybridized carbons (Fsp3) is 0.412. The highest BCUT2D eigenvalue weighted by atomic mass is 35.5. The molecule has 0 N–H and O–H groups in total. The van der Waals surface area contributed by atoms with E-state index in [2.05, 4.69) is 4.99 Å².